The lowest BCUT2D eigenvalue weighted by atomic mass is 10.1. The molecule has 1 fully saturated rings. The Morgan fingerprint density at radius 1 is 1.33 bits per heavy atom. The topological polar surface area (TPSA) is 52.7 Å². The minimum Gasteiger partial charge on any atom is -0.358 e. The zero-order chi connectivity index (χ0) is 17.1. The van der Waals surface area contributed by atoms with Gasteiger partial charge in [-0.15, -0.1) is 11.8 Å². The van der Waals surface area contributed by atoms with Gasteiger partial charge in [-0.05, 0) is 31.9 Å². The fraction of sp³-hybridized carbons (Fsp3) is 0.556. The maximum Gasteiger partial charge on any atom is 0.242 e. The monoisotopic (exact) mass is 347 g/mol. The van der Waals surface area contributed by atoms with E-state index in [4.69, 9.17) is 0 Å². The molecule has 5 nitrogen and oxygen atoms in total. The van der Waals surface area contributed by atoms with Gasteiger partial charge < -0.3 is 15.1 Å². The Morgan fingerprint density at radius 2 is 2.12 bits per heavy atom. The molecule has 1 aromatic rings. The third-order valence-corrected chi connectivity index (χ3v) is 5.98. The molecule has 0 bridgehead atoms. The SMILES string of the molecule is CC(=O)N[C@H]1CCCN(C(=O)CN2c3ccccc3SC[C@H]2C)C1. The van der Waals surface area contributed by atoms with E-state index in [9.17, 15) is 9.59 Å². The smallest absolute Gasteiger partial charge is 0.242 e. The Kier molecular flexibility index (Phi) is 5.33. The first-order valence-electron chi connectivity index (χ1n) is 8.58. The number of nitrogens with one attached hydrogen (secondary N) is 1. The highest BCUT2D eigenvalue weighted by Crippen LogP contribution is 2.37. The van der Waals surface area contributed by atoms with Crippen molar-refractivity contribution >= 4 is 29.3 Å². The lowest BCUT2D eigenvalue weighted by Gasteiger charge is -2.39. The Labute approximate surface area is 147 Å². The Morgan fingerprint density at radius 3 is 2.92 bits per heavy atom. The fourth-order valence-electron chi connectivity index (χ4n) is 3.45. The van der Waals surface area contributed by atoms with Crippen molar-refractivity contribution in [2.75, 3.05) is 30.3 Å². The molecule has 2 heterocycles. The number of thioether (sulfide) groups is 1. The van der Waals surface area contributed by atoms with Gasteiger partial charge in [0.2, 0.25) is 11.8 Å². The van der Waals surface area contributed by atoms with Crippen molar-refractivity contribution < 1.29 is 9.59 Å². The molecular formula is C18H25N3O2S. The Bertz CT molecular complexity index is 622. The molecule has 0 spiro atoms. The molecule has 2 aliphatic heterocycles. The summed E-state index contributed by atoms with van der Waals surface area (Å²) in [4.78, 5) is 29.4. The summed E-state index contributed by atoms with van der Waals surface area (Å²) in [7, 11) is 0. The number of carbonyl (C=O) groups excluding carboxylic acids is 2. The van der Waals surface area contributed by atoms with E-state index < -0.39 is 0 Å². The van der Waals surface area contributed by atoms with Gasteiger partial charge in [0.05, 0.1) is 12.2 Å². The van der Waals surface area contributed by atoms with Gasteiger partial charge in [0, 0.05) is 42.7 Å². The van der Waals surface area contributed by atoms with Crippen LogP contribution in [0.2, 0.25) is 0 Å². The van der Waals surface area contributed by atoms with Gasteiger partial charge in [-0.25, -0.2) is 0 Å². The summed E-state index contributed by atoms with van der Waals surface area (Å²) in [6, 6.07) is 8.72. The third-order valence-electron chi connectivity index (χ3n) is 4.67. The summed E-state index contributed by atoms with van der Waals surface area (Å²) in [5, 5.41) is 2.94. The first-order chi connectivity index (χ1) is 11.5. The minimum atomic E-state index is -0.0232. The first-order valence-corrected chi connectivity index (χ1v) is 9.56. The molecule has 24 heavy (non-hydrogen) atoms. The maximum absolute atomic E-state index is 12.8. The maximum atomic E-state index is 12.8. The second-order valence-electron chi connectivity index (χ2n) is 6.64. The number of para-hydroxylation sites is 1. The molecule has 6 heteroatoms. The van der Waals surface area contributed by atoms with Crippen LogP contribution in [0.5, 0.6) is 0 Å². The van der Waals surface area contributed by atoms with Crippen LogP contribution in [0.3, 0.4) is 0 Å². The van der Waals surface area contributed by atoms with Gasteiger partial charge in [0.15, 0.2) is 0 Å². The molecule has 0 radical (unpaired) electrons. The van der Waals surface area contributed by atoms with Crippen molar-refractivity contribution in [3.8, 4) is 0 Å². The Balaban J connectivity index is 1.67. The summed E-state index contributed by atoms with van der Waals surface area (Å²) in [5.41, 5.74) is 1.16. The molecular weight excluding hydrogens is 322 g/mol. The highest BCUT2D eigenvalue weighted by molar-refractivity contribution is 7.99. The lowest BCUT2D eigenvalue weighted by Crippen LogP contribution is -2.52. The summed E-state index contributed by atoms with van der Waals surface area (Å²) >= 11 is 1.86. The molecule has 3 rings (SSSR count). The number of benzene rings is 1. The lowest BCUT2D eigenvalue weighted by molar-refractivity contribution is -0.132. The van der Waals surface area contributed by atoms with Crippen LogP contribution in [-0.2, 0) is 9.59 Å². The standard InChI is InChI=1S/C18H25N3O2S/c1-13-12-24-17-8-4-3-7-16(17)21(13)11-18(23)20-9-5-6-15(10-20)19-14(2)22/h3-4,7-8,13,15H,5-6,9-12H2,1-2H3,(H,19,22)/t13-,15+/m1/s1. The van der Waals surface area contributed by atoms with E-state index in [1.807, 2.05) is 28.8 Å². The van der Waals surface area contributed by atoms with Crippen LogP contribution in [0.1, 0.15) is 26.7 Å². The molecule has 2 aliphatic rings. The van der Waals surface area contributed by atoms with Crippen LogP contribution in [0, 0.1) is 0 Å². The summed E-state index contributed by atoms with van der Waals surface area (Å²) in [5.74, 6) is 1.13. The van der Waals surface area contributed by atoms with Crippen LogP contribution in [0.15, 0.2) is 29.2 Å². The van der Waals surface area contributed by atoms with E-state index >= 15 is 0 Å². The molecule has 0 aliphatic carbocycles. The molecule has 0 unspecified atom stereocenters. The first kappa shape index (κ1) is 17.1. The van der Waals surface area contributed by atoms with Gasteiger partial charge in [0.25, 0.3) is 0 Å². The highest BCUT2D eigenvalue weighted by atomic mass is 32.2. The number of fused-ring (bicyclic) bond motifs is 1. The van der Waals surface area contributed by atoms with E-state index in [2.05, 4.69) is 29.3 Å². The number of carbonyl (C=O) groups is 2. The van der Waals surface area contributed by atoms with E-state index in [0.717, 1.165) is 30.8 Å². The molecule has 2 atom stereocenters. The van der Waals surface area contributed by atoms with Crippen LogP contribution >= 0.6 is 11.8 Å². The van der Waals surface area contributed by atoms with Crippen molar-refractivity contribution in [1.82, 2.24) is 10.2 Å². The second-order valence-corrected chi connectivity index (χ2v) is 7.70. The van der Waals surface area contributed by atoms with Gasteiger partial charge >= 0.3 is 0 Å². The fourth-order valence-corrected chi connectivity index (χ4v) is 4.56. The van der Waals surface area contributed by atoms with Crippen molar-refractivity contribution in [1.29, 1.82) is 0 Å². The van der Waals surface area contributed by atoms with Crippen molar-refractivity contribution in [2.45, 2.75) is 43.7 Å². The number of likely N-dealkylation sites (tertiary alicyclic amines) is 1. The van der Waals surface area contributed by atoms with Gasteiger partial charge in [-0.2, -0.15) is 0 Å². The highest BCUT2D eigenvalue weighted by Gasteiger charge is 2.29. The number of hydrogen-bond donors (Lipinski definition) is 1. The van der Waals surface area contributed by atoms with Crippen LogP contribution in [0.25, 0.3) is 0 Å². The largest absolute Gasteiger partial charge is 0.358 e. The van der Waals surface area contributed by atoms with E-state index in [1.165, 1.54) is 11.8 Å². The predicted octanol–water partition coefficient (Wildman–Crippen LogP) is 2.11. The van der Waals surface area contributed by atoms with Crippen molar-refractivity contribution in [3.63, 3.8) is 0 Å². The number of rotatable bonds is 3. The minimum absolute atomic E-state index is 0.0232. The molecule has 0 aromatic heterocycles. The van der Waals surface area contributed by atoms with Gasteiger partial charge in [0.1, 0.15) is 0 Å². The average Bonchev–Trinajstić information content (AvgIpc) is 2.57. The molecule has 130 valence electrons. The van der Waals surface area contributed by atoms with Crippen LogP contribution in [-0.4, -0.2) is 54.2 Å². The van der Waals surface area contributed by atoms with Gasteiger partial charge in [-0.1, -0.05) is 12.1 Å². The quantitative estimate of drug-likeness (QED) is 0.910. The summed E-state index contributed by atoms with van der Waals surface area (Å²) < 4.78 is 0. The average molecular weight is 347 g/mol. The van der Waals surface area contributed by atoms with Crippen LogP contribution in [0.4, 0.5) is 5.69 Å². The van der Waals surface area contributed by atoms with Crippen molar-refractivity contribution in [2.24, 2.45) is 0 Å². The molecule has 1 aromatic carbocycles. The molecule has 0 saturated carbocycles. The number of piperidine rings is 1. The van der Waals surface area contributed by atoms with Crippen molar-refractivity contribution in [3.05, 3.63) is 24.3 Å². The number of hydrogen-bond acceptors (Lipinski definition) is 4. The van der Waals surface area contributed by atoms with E-state index in [1.54, 1.807) is 0 Å². The number of nitrogens with zero attached hydrogens (tertiary/aromatic N) is 2. The normalized spacial score (nSPS) is 23.6. The van der Waals surface area contributed by atoms with Gasteiger partial charge in [-0.3, -0.25) is 9.59 Å². The van der Waals surface area contributed by atoms with Crippen LogP contribution < -0.4 is 10.2 Å². The predicted molar refractivity (Wildman–Crippen MR) is 97.4 cm³/mol. The third kappa shape index (κ3) is 3.86. The number of anilines is 1. The molecule has 1 saturated heterocycles. The van der Waals surface area contributed by atoms with E-state index in [0.29, 0.717) is 19.1 Å². The molecule has 2 amide bonds. The zero-order valence-corrected chi connectivity index (χ0v) is 15.1. The zero-order valence-electron chi connectivity index (χ0n) is 14.3. The number of amides is 2. The second kappa shape index (κ2) is 7.47. The Hall–Kier alpha value is -1.69. The summed E-state index contributed by atoms with van der Waals surface area (Å²) in [6.07, 6.45) is 1.89. The molecule has 1 N–H and O–H groups in total. The summed E-state index contributed by atoms with van der Waals surface area (Å²) in [6.45, 7) is 5.52. The van der Waals surface area contributed by atoms with E-state index in [-0.39, 0.29) is 17.9 Å².